The summed E-state index contributed by atoms with van der Waals surface area (Å²) in [6.07, 6.45) is 2.91. The SMILES string of the molecule is COc1cc(C=NCN=C2NS(=O)(=O)c3cc(B(O)O)ccc32)ccc1F.COc1cc(C=NCN=C2NS(=O)(=O)c3cc(B4OC(=O)CN(C)CC(=O)O4)ccc32)ccc1F. The van der Waals surface area contributed by atoms with Crippen LogP contribution in [0.15, 0.2) is 103 Å². The molecule has 4 aromatic rings. The number of nitrogens with one attached hydrogen (secondary N) is 2. The van der Waals surface area contributed by atoms with Crippen LogP contribution in [-0.4, -0.2) is 130 Å². The first-order valence-electron chi connectivity index (χ1n) is 18.0. The fourth-order valence-corrected chi connectivity index (χ4v) is 8.50. The number of amidine groups is 2. The summed E-state index contributed by atoms with van der Waals surface area (Å²) in [5.41, 5.74) is 2.03. The summed E-state index contributed by atoms with van der Waals surface area (Å²) >= 11 is 0. The minimum absolute atomic E-state index is 0.0589. The summed E-state index contributed by atoms with van der Waals surface area (Å²) in [7, 11) is -6.65. The third-order valence-corrected chi connectivity index (χ3v) is 11.6. The standard InChI is InChI=1S/C21H20BFN4O7S.C16H15BFN3O5S/c1-27-10-19(28)33-22(34-20(29)11-27)14-4-5-15-18(8-14)35(30,31)26-21(15)25-12-24-9-13-3-6-16(23)17(7-13)32-2;1-26-14-6-10(2-5-13(14)18)8-19-9-20-16-12-4-3-11(17(22)23)7-15(12)27(24,25)21-16/h3-9H,10-12H2,1-2H3,(H,25,26);2-8,22-23H,9H2,1H3,(H,20,21). The highest BCUT2D eigenvalue weighted by Gasteiger charge is 2.38. The molecule has 0 saturated carbocycles. The summed E-state index contributed by atoms with van der Waals surface area (Å²) in [5.74, 6) is -1.88. The van der Waals surface area contributed by atoms with Gasteiger partial charge in [0.2, 0.25) is 0 Å². The Morgan fingerprint density at radius 2 is 1.21 bits per heavy atom. The Morgan fingerprint density at radius 3 is 1.68 bits per heavy atom. The fourth-order valence-electron chi connectivity index (χ4n) is 5.93. The molecule has 19 nitrogen and oxygen atoms in total. The van der Waals surface area contributed by atoms with E-state index < -0.39 is 57.9 Å². The van der Waals surface area contributed by atoms with E-state index >= 15 is 0 Å². The van der Waals surface area contributed by atoms with E-state index in [1.54, 1.807) is 7.05 Å². The van der Waals surface area contributed by atoms with E-state index in [1.165, 1.54) is 104 Å². The largest absolute Gasteiger partial charge is 0.636 e. The Morgan fingerprint density at radius 1 is 0.742 bits per heavy atom. The highest BCUT2D eigenvalue weighted by molar-refractivity contribution is 7.91. The number of hydrogen-bond donors (Lipinski definition) is 4. The van der Waals surface area contributed by atoms with Gasteiger partial charge in [-0.25, -0.2) is 35.6 Å². The monoisotopic (exact) mass is 893 g/mol. The summed E-state index contributed by atoms with van der Waals surface area (Å²) < 4.78 is 101. The van der Waals surface area contributed by atoms with Crippen molar-refractivity contribution in [2.45, 2.75) is 9.79 Å². The van der Waals surface area contributed by atoms with Crippen molar-refractivity contribution in [2.75, 3.05) is 47.7 Å². The maximum Gasteiger partial charge on any atom is 0.636 e. The zero-order chi connectivity index (χ0) is 44.8. The number of carbonyl (C=O) groups excluding carboxylic acids is 2. The molecule has 0 radical (unpaired) electrons. The molecular formula is C37H35B2F2N7O12S2. The van der Waals surface area contributed by atoms with Gasteiger partial charge in [0.15, 0.2) is 23.1 Å². The van der Waals surface area contributed by atoms with Crippen LogP contribution in [0.4, 0.5) is 8.78 Å². The Labute approximate surface area is 354 Å². The van der Waals surface area contributed by atoms with Crippen LogP contribution in [0.2, 0.25) is 0 Å². The lowest BCUT2D eigenvalue weighted by molar-refractivity contribution is -0.145. The second-order valence-corrected chi connectivity index (χ2v) is 16.6. The number of nitrogens with zero attached hydrogens (tertiary/aromatic N) is 5. The number of likely N-dealkylation sites (N-methyl/N-ethyl adjacent to an activating group) is 1. The molecule has 62 heavy (non-hydrogen) atoms. The summed E-state index contributed by atoms with van der Waals surface area (Å²) in [5, 5.41) is 18.4. The maximum absolute atomic E-state index is 13.5. The Balaban J connectivity index is 0.000000214. The third kappa shape index (κ3) is 10.7. The molecule has 4 N–H and O–H groups in total. The molecule has 0 aromatic heterocycles. The van der Waals surface area contributed by atoms with Crippen LogP contribution in [-0.2, 0) is 38.9 Å². The number of halogens is 2. The van der Waals surface area contributed by atoms with E-state index in [1.807, 2.05) is 0 Å². The Bertz CT molecular complexity index is 2740. The van der Waals surface area contributed by atoms with Crippen molar-refractivity contribution in [2.24, 2.45) is 20.0 Å². The first-order valence-corrected chi connectivity index (χ1v) is 21.0. The van der Waals surface area contributed by atoms with E-state index in [-0.39, 0.29) is 75.9 Å². The number of ether oxygens (including phenoxy) is 2. The molecular weight excluding hydrogens is 858 g/mol. The van der Waals surface area contributed by atoms with E-state index in [0.29, 0.717) is 16.7 Å². The molecule has 0 unspecified atom stereocenters. The molecule has 0 bridgehead atoms. The van der Waals surface area contributed by atoms with E-state index in [9.17, 15) is 45.3 Å². The minimum Gasteiger partial charge on any atom is -0.494 e. The summed E-state index contributed by atoms with van der Waals surface area (Å²) in [4.78, 5) is 41.8. The van der Waals surface area contributed by atoms with Crippen molar-refractivity contribution in [1.82, 2.24) is 14.3 Å². The Kier molecular flexibility index (Phi) is 13.8. The molecule has 3 aliphatic rings. The van der Waals surface area contributed by atoms with Gasteiger partial charge < -0.3 is 28.8 Å². The molecule has 7 rings (SSSR count). The van der Waals surface area contributed by atoms with Crippen LogP contribution >= 0.6 is 0 Å². The topological polar surface area (TPSA) is 257 Å². The van der Waals surface area contributed by atoms with Gasteiger partial charge in [-0.1, -0.05) is 36.4 Å². The number of rotatable bonds is 10. The number of hydrogen-bond acceptors (Lipinski definition) is 17. The van der Waals surface area contributed by atoms with Crippen LogP contribution in [0.3, 0.4) is 0 Å². The van der Waals surface area contributed by atoms with E-state index in [2.05, 4.69) is 29.4 Å². The van der Waals surface area contributed by atoms with Gasteiger partial charge in [0.1, 0.15) is 25.0 Å². The zero-order valence-corrected chi connectivity index (χ0v) is 34.5. The van der Waals surface area contributed by atoms with Gasteiger partial charge in [0, 0.05) is 29.0 Å². The van der Waals surface area contributed by atoms with Crippen molar-refractivity contribution < 1.29 is 64.0 Å². The number of fused-ring (bicyclic) bond motifs is 2. The molecule has 0 amide bonds. The molecule has 0 aliphatic carbocycles. The smallest absolute Gasteiger partial charge is 0.494 e. The highest BCUT2D eigenvalue weighted by Crippen LogP contribution is 2.24. The van der Waals surface area contributed by atoms with Crippen LogP contribution < -0.4 is 29.8 Å². The summed E-state index contributed by atoms with van der Waals surface area (Å²) in [6.45, 7) is -0.400. The first kappa shape index (κ1) is 45.0. The normalized spacial score (nSPS) is 17.9. The van der Waals surface area contributed by atoms with Crippen molar-refractivity contribution in [3.63, 3.8) is 0 Å². The molecule has 25 heteroatoms. The van der Waals surface area contributed by atoms with E-state index in [0.717, 1.165) is 0 Å². The number of benzene rings is 4. The molecule has 1 fully saturated rings. The van der Waals surface area contributed by atoms with Gasteiger partial charge in [0.05, 0.1) is 37.1 Å². The molecule has 1 saturated heterocycles. The lowest BCUT2D eigenvalue weighted by atomic mass is 9.78. The lowest BCUT2D eigenvalue weighted by Gasteiger charge is -2.22. The van der Waals surface area contributed by atoms with Gasteiger partial charge in [-0.3, -0.25) is 33.9 Å². The number of carbonyl (C=O) groups is 2. The van der Waals surface area contributed by atoms with Crippen molar-refractivity contribution in [3.05, 3.63) is 107 Å². The van der Waals surface area contributed by atoms with Crippen LogP contribution in [0, 0.1) is 11.6 Å². The predicted molar refractivity (Wildman–Crippen MR) is 222 cm³/mol. The molecule has 4 aromatic carbocycles. The maximum atomic E-state index is 13.5. The fraction of sp³-hybridized carbons (Fsp3) is 0.189. The van der Waals surface area contributed by atoms with Crippen LogP contribution in [0.5, 0.6) is 11.5 Å². The third-order valence-electron chi connectivity index (χ3n) is 8.86. The van der Waals surface area contributed by atoms with Gasteiger partial charge in [-0.05, 0) is 60.0 Å². The first-order chi connectivity index (χ1) is 29.5. The highest BCUT2D eigenvalue weighted by atomic mass is 32.2. The number of methoxy groups -OCH3 is 2. The van der Waals surface area contributed by atoms with Crippen molar-refractivity contribution in [3.8, 4) is 11.5 Å². The van der Waals surface area contributed by atoms with Crippen molar-refractivity contribution >= 4 is 81.2 Å². The molecule has 0 atom stereocenters. The van der Waals surface area contributed by atoms with E-state index in [4.69, 9.17) is 18.8 Å². The van der Waals surface area contributed by atoms with Crippen LogP contribution in [0.25, 0.3) is 0 Å². The average Bonchev–Trinajstić information content (AvgIpc) is 3.64. The van der Waals surface area contributed by atoms with Crippen LogP contribution in [0.1, 0.15) is 22.3 Å². The molecule has 3 aliphatic heterocycles. The van der Waals surface area contributed by atoms with Gasteiger partial charge in [0.25, 0.3) is 20.0 Å². The molecule has 0 spiro atoms. The Hall–Kier alpha value is -6.53. The molecule has 3 heterocycles. The van der Waals surface area contributed by atoms with Gasteiger partial charge >= 0.3 is 26.2 Å². The predicted octanol–water partition coefficient (Wildman–Crippen LogP) is -0.694. The lowest BCUT2D eigenvalue weighted by Crippen LogP contribution is -2.48. The quantitative estimate of drug-likeness (QED) is 0.114. The number of aliphatic imine (C=N–C) groups is 4. The second-order valence-electron chi connectivity index (χ2n) is 13.3. The second kappa shape index (κ2) is 19.0. The average molecular weight is 893 g/mol. The van der Waals surface area contributed by atoms with Gasteiger partial charge in [-0.2, -0.15) is 0 Å². The molecule has 322 valence electrons. The van der Waals surface area contributed by atoms with Crippen molar-refractivity contribution in [1.29, 1.82) is 0 Å². The number of sulfonamides is 2. The van der Waals surface area contributed by atoms with Gasteiger partial charge in [-0.15, -0.1) is 0 Å². The zero-order valence-electron chi connectivity index (χ0n) is 32.9. The minimum atomic E-state index is -3.95. The summed E-state index contributed by atoms with van der Waals surface area (Å²) in [6, 6.07) is 16.7.